The van der Waals surface area contributed by atoms with E-state index >= 15 is 0 Å². The Morgan fingerprint density at radius 2 is 2.18 bits per heavy atom. The molecule has 3 rings (SSSR count). The van der Waals surface area contributed by atoms with Crippen LogP contribution in [-0.4, -0.2) is 72.4 Å². The van der Waals surface area contributed by atoms with Gasteiger partial charge in [-0.15, -0.1) is 0 Å². The van der Waals surface area contributed by atoms with E-state index < -0.39 is 0 Å². The van der Waals surface area contributed by atoms with E-state index in [2.05, 4.69) is 17.0 Å². The molecule has 0 N–H and O–H groups in total. The van der Waals surface area contributed by atoms with Gasteiger partial charge in [0, 0.05) is 51.6 Å². The predicted molar refractivity (Wildman–Crippen MR) is 83.3 cm³/mol. The van der Waals surface area contributed by atoms with E-state index in [1.165, 1.54) is 0 Å². The van der Waals surface area contributed by atoms with Crippen LogP contribution < -0.4 is 0 Å². The first-order valence-electron chi connectivity index (χ1n) is 8.06. The Labute approximate surface area is 132 Å². The number of methoxy groups -OCH3 is 1. The third kappa shape index (κ3) is 3.03. The normalized spacial score (nSPS) is 25.0. The summed E-state index contributed by atoms with van der Waals surface area (Å²) in [6.45, 7) is 5.12. The minimum absolute atomic E-state index is 0.174. The molecule has 3 heterocycles. The summed E-state index contributed by atoms with van der Waals surface area (Å²) in [6, 6.07) is 1.85. The number of carbonyl (C=O) groups excluding carboxylic acids is 1. The Bertz CT molecular complexity index is 494. The molecule has 0 radical (unpaired) electrons. The molecule has 22 heavy (non-hydrogen) atoms. The highest BCUT2D eigenvalue weighted by atomic mass is 16.5. The molecule has 6 nitrogen and oxygen atoms in total. The predicted octanol–water partition coefficient (Wildman–Crippen LogP) is 0.700. The molecule has 0 saturated carbocycles. The van der Waals surface area contributed by atoms with Gasteiger partial charge in [0.2, 0.25) is 5.91 Å². The SMILES string of the molecule is COCC1CN(C)CC12CCN(C(=O)Cn1cccn1)CC2. The van der Waals surface area contributed by atoms with E-state index in [-0.39, 0.29) is 5.91 Å². The van der Waals surface area contributed by atoms with E-state index in [0.717, 1.165) is 45.6 Å². The summed E-state index contributed by atoms with van der Waals surface area (Å²) >= 11 is 0. The van der Waals surface area contributed by atoms with Crippen molar-refractivity contribution in [1.29, 1.82) is 0 Å². The summed E-state index contributed by atoms with van der Waals surface area (Å²) in [5.41, 5.74) is 0.327. The van der Waals surface area contributed by atoms with Crippen LogP contribution in [0.25, 0.3) is 0 Å². The van der Waals surface area contributed by atoms with Crippen molar-refractivity contribution in [3.63, 3.8) is 0 Å². The molecule has 2 fully saturated rings. The van der Waals surface area contributed by atoms with Crippen molar-refractivity contribution in [3.8, 4) is 0 Å². The quantitative estimate of drug-likeness (QED) is 0.822. The molecule has 2 aliphatic heterocycles. The molecule has 1 aromatic heterocycles. The Balaban J connectivity index is 1.58. The molecule has 0 aliphatic carbocycles. The first kappa shape index (κ1) is 15.5. The number of ether oxygens (including phenoxy) is 1. The maximum atomic E-state index is 12.4. The third-order valence-corrected chi connectivity index (χ3v) is 5.32. The summed E-state index contributed by atoms with van der Waals surface area (Å²) in [5.74, 6) is 0.763. The van der Waals surface area contributed by atoms with Gasteiger partial charge < -0.3 is 14.5 Å². The molecular formula is C16H26N4O2. The van der Waals surface area contributed by atoms with Crippen LogP contribution in [0.5, 0.6) is 0 Å². The van der Waals surface area contributed by atoms with E-state index in [1.807, 2.05) is 17.2 Å². The number of aromatic nitrogens is 2. The van der Waals surface area contributed by atoms with Gasteiger partial charge in [-0.25, -0.2) is 0 Å². The Hall–Kier alpha value is -1.40. The molecule has 1 aromatic rings. The van der Waals surface area contributed by atoms with Gasteiger partial charge in [-0.2, -0.15) is 5.10 Å². The van der Waals surface area contributed by atoms with Crippen molar-refractivity contribution < 1.29 is 9.53 Å². The van der Waals surface area contributed by atoms with E-state index in [4.69, 9.17) is 4.74 Å². The molecule has 6 heteroatoms. The van der Waals surface area contributed by atoms with Crippen LogP contribution in [0, 0.1) is 11.3 Å². The van der Waals surface area contributed by atoms with Gasteiger partial charge in [-0.05, 0) is 31.4 Å². The monoisotopic (exact) mass is 306 g/mol. The number of likely N-dealkylation sites (tertiary alicyclic amines) is 2. The summed E-state index contributed by atoms with van der Waals surface area (Å²) < 4.78 is 7.13. The number of hydrogen-bond donors (Lipinski definition) is 0. The lowest BCUT2D eigenvalue weighted by Crippen LogP contribution is -2.48. The van der Waals surface area contributed by atoms with Gasteiger partial charge >= 0.3 is 0 Å². The second-order valence-corrected chi connectivity index (χ2v) is 6.80. The van der Waals surface area contributed by atoms with Gasteiger partial charge in [0.05, 0.1) is 6.61 Å². The molecular weight excluding hydrogens is 280 g/mol. The number of rotatable bonds is 4. The topological polar surface area (TPSA) is 50.6 Å². The number of nitrogens with zero attached hydrogens (tertiary/aromatic N) is 4. The minimum Gasteiger partial charge on any atom is -0.384 e. The average molecular weight is 306 g/mol. The third-order valence-electron chi connectivity index (χ3n) is 5.32. The summed E-state index contributed by atoms with van der Waals surface area (Å²) in [5, 5.41) is 4.11. The van der Waals surface area contributed by atoms with Gasteiger partial charge in [0.15, 0.2) is 0 Å². The number of hydrogen-bond acceptors (Lipinski definition) is 4. The fraction of sp³-hybridized carbons (Fsp3) is 0.750. The van der Waals surface area contributed by atoms with E-state index in [0.29, 0.717) is 17.9 Å². The van der Waals surface area contributed by atoms with Crippen LogP contribution in [0.15, 0.2) is 18.5 Å². The molecule has 122 valence electrons. The largest absolute Gasteiger partial charge is 0.384 e. The zero-order valence-corrected chi connectivity index (χ0v) is 13.6. The van der Waals surface area contributed by atoms with Gasteiger partial charge in [-0.3, -0.25) is 9.48 Å². The number of amides is 1. The zero-order valence-electron chi connectivity index (χ0n) is 13.6. The first-order valence-corrected chi connectivity index (χ1v) is 8.06. The first-order chi connectivity index (χ1) is 10.6. The van der Waals surface area contributed by atoms with Crippen LogP contribution in [0.2, 0.25) is 0 Å². The maximum absolute atomic E-state index is 12.4. The van der Waals surface area contributed by atoms with Crippen molar-refractivity contribution in [2.24, 2.45) is 11.3 Å². The number of piperidine rings is 1. The lowest BCUT2D eigenvalue weighted by atomic mass is 9.71. The summed E-state index contributed by atoms with van der Waals surface area (Å²) in [7, 11) is 3.97. The van der Waals surface area contributed by atoms with E-state index in [9.17, 15) is 4.79 Å². The van der Waals surface area contributed by atoms with Crippen molar-refractivity contribution in [2.75, 3.05) is 46.9 Å². The molecule has 1 spiro atoms. The van der Waals surface area contributed by atoms with Gasteiger partial charge in [0.1, 0.15) is 6.54 Å². The Morgan fingerprint density at radius 3 is 2.82 bits per heavy atom. The highest BCUT2D eigenvalue weighted by Gasteiger charge is 2.47. The zero-order chi connectivity index (χ0) is 15.6. The van der Waals surface area contributed by atoms with E-state index in [1.54, 1.807) is 18.0 Å². The van der Waals surface area contributed by atoms with Crippen LogP contribution in [0.1, 0.15) is 12.8 Å². The molecule has 0 aromatic carbocycles. The van der Waals surface area contributed by atoms with Crippen molar-refractivity contribution in [1.82, 2.24) is 19.6 Å². The van der Waals surface area contributed by atoms with Crippen molar-refractivity contribution >= 4 is 5.91 Å². The Kier molecular flexibility index (Phi) is 4.49. The fourth-order valence-electron chi connectivity index (χ4n) is 4.13. The van der Waals surface area contributed by atoms with Crippen molar-refractivity contribution in [3.05, 3.63) is 18.5 Å². The molecule has 1 amide bonds. The van der Waals surface area contributed by atoms with Crippen LogP contribution in [-0.2, 0) is 16.1 Å². The average Bonchev–Trinajstić information content (AvgIpc) is 3.09. The van der Waals surface area contributed by atoms with Crippen molar-refractivity contribution in [2.45, 2.75) is 19.4 Å². The molecule has 1 atom stereocenters. The number of carbonyl (C=O) groups is 1. The minimum atomic E-state index is 0.174. The molecule has 2 saturated heterocycles. The lowest BCUT2D eigenvalue weighted by molar-refractivity contribution is -0.134. The second kappa shape index (κ2) is 6.38. The summed E-state index contributed by atoms with van der Waals surface area (Å²) in [4.78, 5) is 16.8. The Morgan fingerprint density at radius 1 is 1.41 bits per heavy atom. The molecule has 2 aliphatic rings. The van der Waals surface area contributed by atoms with Crippen LogP contribution in [0.3, 0.4) is 0 Å². The molecule has 0 bridgehead atoms. The second-order valence-electron chi connectivity index (χ2n) is 6.80. The van der Waals surface area contributed by atoms with Crippen LogP contribution in [0.4, 0.5) is 0 Å². The fourth-order valence-corrected chi connectivity index (χ4v) is 4.13. The van der Waals surface area contributed by atoms with Gasteiger partial charge in [0.25, 0.3) is 0 Å². The molecule has 1 unspecified atom stereocenters. The lowest BCUT2D eigenvalue weighted by Gasteiger charge is -2.42. The standard InChI is InChI=1S/C16H26N4O2/c1-18-10-14(12-22-2)16(13-18)4-8-19(9-5-16)15(21)11-20-7-3-6-17-20/h3,6-7,14H,4-5,8-13H2,1-2H3. The summed E-state index contributed by atoms with van der Waals surface area (Å²) in [6.07, 6.45) is 5.71. The smallest absolute Gasteiger partial charge is 0.244 e. The maximum Gasteiger partial charge on any atom is 0.244 e. The van der Waals surface area contributed by atoms with Gasteiger partial charge in [-0.1, -0.05) is 0 Å². The highest BCUT2D eigenvalue weighted by molar-refractivity contribution is 5.76. The van der Waals surface area contributed by atoms with Crippen LogP contribution >= 0.6 is 0 Å². The highest BCUT2D eigenvalue weighted by Crippen LogP contribution is 2.44.